The quantitative estimate of drug-likeness (QED) is 0.342. The van der Waals surface area contributed by atoms with E-state index in [0.717, 1.165) is 27.9 Å². The molecule has 160 valence electrons. The second-order valence-corrected chi connectivity index (χ2v) is 9.25. The number of pyridine rings is 2. The average Bonchev–Trinajstić information content (AvgIpc) is 2.78. The van der Waals surface area contributed by atoms with Crippen LogP contribution in [0.25, 0.3) is 22.2 Å². The molecule has 0 aliphatic heterocycles. The lowest BCUT2D eigenvalue weighted by Crippen LogP contribution is -2.12. The second kappa shape index (κ2) is 8.61. The van der Waals surface area contributed by atoms with Gasteiger partial charge in [-0.2, -0.15) is 5.26 Å². The van der Waals surface area contributed by atoms with Crippen LogP contribution in [-0.4, -0.2) is 9.97 Å². The monoisotopic (exact) mass is 441 g/mol. The van der Waals surface area contributed by atoms with E-state index >= 15 is 0 Å². The third kappa shape index (κ3) is 4.30. The topological polar surface area (TPSA) is 58.8 Å². The zero-order valence-electron chi connectivity index (χ0n) is 18.6. The normalized spacial score (nSPS) is 11.4. The van der Waals surface area contributed by atoms with Gasteiger partial charge in [0.05, 0.1) is 16.6 Å². The van der Waals surface area contributed by atoms with Crippen molar-refractivity contribution in [2.45, 2.75) is 39.7 Å². The molecule has 0 aliphatic carbocycles. The lowest BCUT2D eigenvalue weighted by atomic mass is 9.85. The van der Waals surface area contributed by atoms with Crippen molar-refractivity contribution in [3.8, 4) is 23.1 Å². The van der Waals surface area contributed by atoms with Gasteiger partial charge < -0.3 is 4.74 Å². The number of benzene rings is 2. The van der Waals surface area contributed by atoms with Gasteiger partial charge in [-0.15, -0.1) is 0 Å². The third-order valence-electron chi connectivity index (χ3n) is 5.43. The first-order chi connectivity index (χ1) is 15.3. The van der Waals surface area contributed by atoms with Crippen LogP contribution in [0.4, 0.5) is 0 Å². The van der Waals surface area contributed by atoms with Crippen molar-refractivity contribution in [3.63, 3.8) is 0 Å². The highest BCUT2D eigenvalue weighted by Crippen LogP contribution is 2.38. The van der Waals surface area contributed by atoms with E-state index < -0.39 is 0 Å². The molecule has 0 fully saturated rings. The van der Waals surface area contributed by atoms with Crippen LogP contribution in [0.1, 0.15) is 43.2 Å². The number of nitriles is 1. The molecule has 0 atom stereocenters. The van der Waals surface area contributed by atoms with Crippen LogP contribution in [0.15, 0.2) is 60.8 Å². The first-order valence-electron chi connectivity index (χ1n) is 10.5. The highest BCUT2D eigenvalue weighted by atomic mass is 35.5. The largest absolute Gasteiger partial charge is 0.488 e. The highest BCUT2D eigenvalue weighted by Gasteiger charge is 2.21. The van der Waals surface area contributed by atoms with Crippen LogP contribution in [0.2, 0.25) is 5.02 Å². The van der Waals surface area contributed by atoms with E-state index in [4.69, 9.17) is 21.3 Å². The van der Waals surface area contributed by atoms with Gasteiger partial charge in [0, 0.05) is 22.8 Å². The lowest BCUT2D eigenvalue weighted by Gasteiger charge is -2.22. The molecule has 0 unspecified atom stereocenters. The molecule has 2 heterocycles. The molecule has 2 aromatic heterocycles. The van der Waals surface area contributed by atoms with Gasteiger partial charge in [-0.1, -0.05) is 68.8 Å². The van der Waals surface area contributed by atoms with E-state index in [1.54, 1.807) is 12.3 Å². The van der Waals surface area contributed by atoms with Crippen LogP contribution in [0.5, 0.6) is 5.75 Å². The van der Waals surface area contributed by atoms with Crippen molar-refractivity contribution in [1.82, 2.24) is 9.97 Å². The summed E-state index contributed by atoms with van der Waals surface area (Å²) in [5, 5.41) is 10.9. The summed E-state index contributed by atoms with van der Waals surface area (Å²) >= 11 is 6.67. The fraction of sp³-hybridized carbons (Fsp3) is 0.222. The van der Waals surface area contributed by atoms with Crippen molar-refractivity contribution in [2.24, 2.45) is 0 Å². The van der Waals surface area contributed by atoms with Gasteiger partial charge in [-0.25, -0.2) is 9.97 Å². The minimum Gasteiger partial charge on any atom is -0.488 e. The zero-order valence-corrected chi connectivity index (χ0v) is 19.4. The van der Waals surface area contributed by atoms with Crippen LogP contribution in [0.3, 0.4) is 0 Å². The van der Waals surface area contributed by atoms with E-state index in [9.17, 15) is 5.26 Å². The molecule has 5 heteroatoms. The van der Waals surface area contributed by atoms with Crippen molar-refractivity contribution >= 4 is 22.5 Å². The Bertz CT molecular complexity index is 1340. The van der Waals surface area contributed by atoms with Crippen molar-refractivity contribution in [1.29, 1.82) is 5.26 Å². The Hall–Kier alpha value is -3.42. The Morgan fingerprint density at radius 2 is 1.81 bits per heavy atom. The predicted octanol–water partition coefficient (Wildman–Crippen LogP) is 7.01. The molecule has 0 N–H and O–H groups in total. The fourth-order valence-electron chi connectivity index (χ4n) is 3.75. The fourth-order valence-corrected chi connectivity index (χ4v) is 4.20. The van der Waals surface area contributed by atoms with Crippen LogP contribution in [-0.2, 0) is 12.0 Å². The number of aromatic nitrogens is 2. The Kier molecular flexibility index (Phi) is 5.86. The number of halogens is 1. The zero-order chi connectivity index (χ0) is 22.9. The van der Waals surface area contributed by atoms with Gasteiger partial charge in [-0.05, 0) is 41.2 Å². The Morgan fingerprint density at radius 1 is 1.06 bits per heavy atom. The Balaban J connectivity index is 1.87. The number of aryl methyl sites for hydroxylation is 1. The molecule has 32 heavy (non-hydrogen) atoms. The van der Waals surface area contributed by atoms with E-state index in [1.165, 1.54) is 0 Å². The molecule has 0 amide bonds. The van der Waals surface area contributed by atoms with Crippen LogP contribution < -0.4 is 4.74 Å². The first kappa shape index (κ1) is 21.8. The van der Waals surface area contributed by atoms with E-state index in [-0.39, 0.29) is 5.41 Å². The molecule has 0 saturated heterocycles. The van der Waals surface area contributed by atoms with Gasteiger partial charge in [0.25, 0.3) is 0 Å². The minimum atomic E-state index is -0.0610. The molecular weight excluding hydrogens is 418 g/mol. The standard InChI is InChI=1S/C27H24ClN3O/c1-17-12-20(27(2,3)4)21(28)13-19(17)23-14-25(32-16-18-8-6-5-7-9-18)26-22(31-23)10-11-30-24(26)15-29/h5-14H,16H2,1-4H3. The number of hydrogen-bond acceptors (Lipinski definition) is 4. The molecular formula is C27H24ClN3O. The summed E-state index contributed by atoms with van der Waals surface area (Å²) in [6.07, 6.45) is 1.60. The summed E-state index contributed by atoms with van der Waals surface area (Å²) in [7, 11) is 0. The highest BCUT2D eigenvalue weighted by molar-refractivity contribution is 6.31. The summed E-state index contributed by atoms with van der Waals surface area (Å²) in [6, 6.07) is 19.9. The second-order valence-electron chi connectivity index (χ2n) is 8.84. The Labute approximate surface area is 193 Å². The van der Waals surface area contributed by atoms with Gasteiger partial charge in [0.15, 0.2) is 5.69 Å². The summed E-state index contributed by atoms with van der Waals surface area (Å²) < 4.78 is 6.19. The summed E-state index contributed by atoms with van der Waals surface area (Å²) in [5.41, 5.74) is 5.78. The molecule has 0 saturated carbocycles. The maximum atomic E-state index is 9.61. The predicted molar refractivity (Wildman–Crippen MR) is 129 cm³/mol. The number of hydrogen-bond donors (Lipinski definition) is 0. The van der Waals surface area contributed by atoms with E-state index in [1.807, 2.05) is 42.5 Å². The maximum Gasteiger partial charge on any atom is 0.153 e. The smallest absolute Gasteiger partial charge is 0.153 e. The molecule has 4 aromatic rings. The average molecular weight is 442 g/mol. The first-order valence-corrected chi connectivity index (χ1v) is 10.8. The summed E-state index contributed by atoms with van der Waals surface area (Å²) in [6.45, 7) is 8.88. The molecule has 0 bridgehead atoms. The number of fused-ring (bicyclic) bond motifs is 1. The third-order valence-corrected chi connectivity index (χ3v) is 5.74. The maximum absolute atomic E-state index is 9.61. The molecule has 0 aliphatic rings. The van der Waals surface area contributed by atoms with Crippen molar-refractivity contribution < 1.29 is 4.74 Å². The molecule has 2 aromatic carbocycles. The van der Waals surface area contributed by atoms with Crippen molar-refractivity contribution in [2.75, 3.05) is 0 Å². The molecule has 4 rings (SSSR count). The SMILES string of the molecule is Cc1cc(C(C)(C)C)c(Cl)cc1-c1cc(OCc2ccccc2)c2c(C#N)nccc2n1. The molecule has 0 radical (unpaired) electrons. The Morgan fingerprint density at radius 3 is 2.50 bits per heavy atom. The van der Waals surface area contributed by atoms with Gasteiger partial charge >= 0.3 is 0 Å². The lowest BCUT2D eigenvalue weighted by molar-refractivity contribution is 0.310. The van der Waals surface area contributed by atoms with E-state index in [0.29, 0.717) is 34.0 Å². The van der Waals surface area contributed by atoms with Gasteiger partial charge in [-0.3, -0.25) is 0 Å². The number of rotatable bonds is 4. The summed E-state index contributed by atoms with van der Waals surface area (Å²) in [5.74, 6) is 0.578. The molecule has 0 spiro atoms. The van der Waals surface area contributed by atoms with Crippen molar-refractivity contribution in [3.05, 3.63) is 88.2 Å². The van der Waals surface area contributed by atoms with Gasteiger partial charge in [0.1, 0.15) is 18.4 Å². The number of nitrogens with zero attached hydrogens (tertiary/aromatic N) is 3. The summed E-state index contributed by atoms with van der Waals surface area (Å²) in [4.78, 5) is 9.05. The number of ether oxygens (including phenoxy) is 1. The minimum absolute atomic E-state index is 0.0610. The van der Waals surface area contributed by atoms with Crippen LogP contribution >= 0.6 is 11.6 Å². The molecule has 4 nitrogen and oxygen atoms in total. The van der Waals surface area contributed by atoms with Crippen LogP contribution in [0, 0.1) is 18.3 Å². The van der Waals surface area contributed by atoms with Gasteiger partial charge in [0.2, 0.25) is 0 Å². The van der Waals surface area contributed by atoms with E-state index in [2.05, 4.69) is 44.8 Å².